The van der Waals surface area contributed by atoms with Gasteiger partial charge in [-0.3, -0.25) is 25.2 Å². The van der Waals surface area contributed by atoms with E-state index in [1.54, 1.807) is 0 Å². The lowest BCUT2D eigenvalue weighted by Gasteiger charge is -2.15. The van der Waals surface area contributed by atoms with Crippen LogP contribution in [0.15, 0.2) is 36.4 Å². The summed E-state index contributed by atoms with van der Waals surface area (Å²) in [6.07, 6.45) is -0.963. The first-order chi connectivity index (χ1) is 15.3. The largest absolute Gasteiger partial charge is 0.493 e. The summed E-state index contributed by atoms with van der Waals surface area (Å²) in [6.45, 7) is 1.04. The van der Waals surface area contributed by atoms with Gasteiger partial charge in [-0.15, -0.1) is 0 Å². The molecule has 0 fully saturated rings. The molecule has 11 heteroatoms. The van der Waals surface area contributed by atoms with Gasteiger partial charge in [0, 0.05) is 5.56 Å². The Kier molecular flexibility index (Phi) is 8.63. The van der Waals surface area contributed by atoms with Crippen LogP contribution in [0.3, 0.4) is 0 Å². The molecule has 2 aromatic rings. The zero-order valence-electron chi connectivity index (χ0n) is 18.0. The van der Waals surface area contributed by atoms with Crippen LogP contribution >= 0.6 is 0 Å². The van der Waals surface area contributed by atoms with Gasteiger partial charge in [0.2, 0.25) is 5.75 Å². The minimum Gasteiger partial charge on any atom is -0.493 e. The van der Waals surface area contributed by atoms with Crippen molar-refractivity contribution in [2.75, 3.05) is 27.9 Å². The van der Waals surface area contributed by atoms with E-state index < -0.39 is 36.2 Å². The van der Waals surface area contributed by atoms with E-state index in [0.29, 0.717) is 5.75 Å². The summed E-state index contributed by atoms with van der Waals surface area (Å²) >= 11 is 0. The molecule has 0 saturated heterocycles. The number of benzene rings is 2. The Labute approximate surface area is 183 Å². The summed E-state index contributed by atoms with van der Waals surface area (Å²) in [6, 6.07) is 8.00. The van der Waals surface area contributed by atoms with Crippen molar-refractivity contribution in [3.05, 3.63) is 47.8 Å². The molecule has 0 heterocycles. The van der Waals surface area contributed by atoms with Gasteiger partial charge in [0.1, 0.15) is 11.6 Å². The highest BCUT2D eigenvalue weighted by Gasteiger charge is 2.18. The quantitative estimate of drug-likeness (QED) is 0.492. The minimum absolute atomic E-state index is 0.178. The molecule has 2 rings (SSSR count). The standard InChI is InChI=1S/C21H24FN3O7/c1-12(32-15-7-5-14(22)6-8-15)20(27)25-24-18(26)11-23-21(28)13-9-16(29-2)19(31-4)17(10-13)30-3/h5-10,12H,11H2,1-4H3,(H,23,28)(H,24,26)(H,25,27). The van der Waals surface area contributed by atoms with Crippen LogP contribution in [0.4, 0.5) is 4.39 Å². The van der Waals surface area contributed by atoms with Gasteiger partial charge >= 0.3 is 0 Å². The van der Waals surface area contributed by atoms with E-state index in [1.165, 1.54) is 64.7 Å². The molecule has 10 nitrogen and oxygen atoms in total. The van der Waals surface area contributed by atoms with E-state index in [-0.39, 0.29) is 22.8 Å². The van der Waals surface area contributed by atoms with E-state index in [1.807, 2.05) is 0 Å². The number of rotatable bonds is 9. The molecule has 0 aliphatic rings. The number of hydrazine groups is 1. The number of carbonyl (C=O) groups excluding carboxylic acids is 3. The first kappa shape index (κ1) is 24.3. The monoisotopic (exact) mass is 449 g/mol. The molecule has 0 radical (unpaired) electrons. The van der Waals surface area contributed by atoms with Gasteiger partial charge < -0.3 is 24.3 Å². The maximum atomic E-state index is 12.9. The zero-order chi connectivity index (χ0) is 23.7. The summed E-state index contributed by atoms with van der Waals surface area (Å²) in [7, 11) is 4.26. The number of halogens is 1. The van der Waals surface area contributed by atoms with Gasteiger partial charge in [-0.1, -0.05) is 0 Å². The molecule has 2 aromatic carbocycles. The fourth-order valence-corrected chi connectivity index (χ4v) is 2.52. The van der Waals surface area contributed by atoms with Crippen LogP contribution in [-0.2, 0) is 9.59 Å². The normalized spacial score (nSPS) is 11.0. The predicted molar refractivity (Wildman–Crippen MR) is 111 cm³/mol. The Morgan fingerprint density at radius 3 is 2.06 bits per heavy atom. The summed E-state index contributed by atoms with van der Waals surface area (Å²) < 4.78 is 33.8. The second-order valence-electron chi connectivity index (χ2n) is 6.35. The van der Waals surface area contributed by atoms with Crippen LogP contribution in [0.1, 0.15) is 17.3 Å². The third-order valence-corrected chi connectivity index (χ3v) is 4.16. The first-order valence-corrected chi connectivity index (χ1v) is 9.38. The molecule has 0 aliphatic carbocycles. The highest BCUT2D eigenvalue weighted by molar-refractivity contribution is 5.97. The molecule has 3 N–H and O–H groups in total. The predicted octanol–water partition coefficient (Wildman–Crippen LogP) is 1.20. The third kappa shape index (κ3) is 6.49. The maximum absolute atomic E-state index is 12.9. The molecule has 0 aromatic heterocycles. The van der Waals surface area contributed by atoms with Crippen molar-refractivity contribution >= 4 is 17.7 Å². The summed E-state index contributed by atoms with van der Waals surface area (Å²) in [4.78, 5) is 36.4. The summed E-state index contributed by atoms with van der Waals surface area (Å²) in [5.41, 5.74) is 4.53. The summed E-state index contributed by atoms with van der Waals surface area (Å²) in [5, 5.41) is 2.42. The van der Waals surface area contributed by atoms with Crippen LogP contribution in [-0.4, -0.2) is 51.7 Å². The van der Waals surface area contributed by atoms with Crippen molar-refractivity contribution in [1.82, 2.24) is 16.2 Å². The number of amides is 3. The van der Waals surface area contributed by atoms with Gasteiger partial charge in [-0.25, -0.2) is 4.39 Å². The second-order valence-corrected chi connectivity index (χ2v) is 6.35. The van der Waals surface area contributed by atoms with Gasteiger partial charge in [0.25, 0.3) is 17.7 Å². The number of ether oxygens (including phenoxy) is 4. The van der Waals surface area contributed by atoms with E-state index in [0.717, 1.165) is 0 Å². The molecular weight excluding hydrogens is 425 g/mol. The Morgan fingerprint density at radius 1 is 0.938 bits per heavy atom. The molecule has 1 atom stereocenters. The third-order valence-electron chi connectivity index (χ3n) is 4.16. The van der Waals surface area contributed by atoms with Crippen molar-refractivity contribution in [1.29, 1.82) is 0 Å². The topological polar surface area (TPSA) is 124 Å². The average molecular weight is 449 g/mol. The smallest absolute Gasteiger partial charge is 0.279 e. The number of nitrogens with one attached hydrogen (secondary N) is 3. The van der Waals surface area contributed by atoms with Gasteiger partial charge in [-0.2, -0.15) is 0 Å². The van der Waals surface area contributed by atoms with E-state index >= 15 is 0 Å². The average Bonchev–Trinajstić information content (AvgIpc) is 2.81. The van der Waals surface area contributed by atoms with Crippen LogP contribution < -0.4 is 35.1 Å². The first-order valence-electron chi connectivity index (χ1n) is 9.38. The number of hydrogen-bond donors (Lipinski definition) is 3. The Balaban J connectivity index is 1.85. The molecule has 3 amide bonds. The maximum Gasteiger partial charge on any atom is 0.279 e. The van der Waals surface area contributed by atoms with Crippen LogP contribution in [0.25, 0.3) is 0 Å². The van der Waals surface area contributed by atoms with E-state index in [4.69, 9.17) is 18.9 Å². The Morgan fingerprint density at radius 2 is 1.53 bits per heavy atom. The van der Waals surface area contributed by atoms with Crippen LogP contribution in [0, 0.1) is 5.82 Å². The van der Waals surface area contributed by atoms with Crippen molar-refractivity contribution in [2.45, 2.75) is 13.0 Å². The van der Waals surface area contributed by atoms with Crippen molar-refractivity contribution in [3.8, 4) is 23.0 Å². The van der Waals surface area contributed by atoms with E-state index in [2.05, 4.69) is 16.2 Å². The number of carbonyl (C=O) groups is 3. The Bertz CT molecular complexity index is 941. The molecular formula is C21H24FN3O7. The molecule has 1 unspecified atom stereocenters. The lowest BCUT2D eigenvalue weighted by Crippen LogP contribution is -2.50. The molecule has 0 saturated carbocycles. The lowest BCUT2D eigenvalue weighted by molar-refractivity contribution is -0.132. The SMILES string of the molecule is COc1cc(C(=O)NCC(=O)NNC(=O)C(C)Oc2ccc(F)cc2)cc(OC)c1OC. The minimum atomic E-state index is -0.963. The molecule has 0 spiro atoms. The van der Waals surface area contributed by atoms with Gasteiger partial charge in [0.15, 0.2) is 17.6 Å². The van der Waals surface area contributed by atoms with E-state index in [9.17, 15) is 18.8 Å². The van der Waals surface area contributed by atoms with Crippen LogP contribution in [0.2, 0.25) is 0 Å². The summed E-state index contributed by atoms with van der Waals surface area (Å²) in [5.74, 6) is -1.14. The molecule has 0 bridgehead atoms. The molecule has 32 heavy (non-hydrogen) atoms. The van der Waals surface area contributed by atoms with Gasteiger partial charge in [0.05, 0.1) is 27.9 Å². The fourth-order valence-electron chi connectivity index (χ4n) is 2.52. The van der Waals surface area contributed by atoms with Crippen molar-refractivity contribution < 1.29 is 37.7 Å². The number of hydrogen-bond acceptors (Lipinski definition) is 7. The van der Waals surface area contributed by atoms with Crippen molar-refractivity contribution in [2.24, 2.45) is 0 Å². The lowest BCUT2D eigenvalue weighted by atomic mass is 10.1. The van der Waals surface area contributed by atoms with Crippen LogP contribution in [0.5, 0.6) is 23.0 Å². The molecule has 0 aliphatic heterocycles. The highest BCUT2D eigenvalue weighted by Crippen LogP contribution is 2.38. The fraction of sp³-hybridized carbons (Fsp3) is 0.286. The number of methoxy groups -OCH3 is 3. The highest BCUT2D eigenvalue weighted by atomic mass is 19.1. The van der Waals surface area contributed by atoms with Gasteiger partial charge in [-0.05, 0) is 43.3 Å². The van der Waals surface area contributed by atoms with Crippen molar-refractivity contribution in [3.63, 3.8) is 0 Å². The Hall–Kier alpha value is -4.02. The molecule has 172 valence electrons. The zero-order valence-corrected chi connectivity index (χ0v) is 18.0. The second kappa shape index (κ2) is 11.4.